The molecular weight excluding hydrogens is 234 g/mol. The molecule has 0 bridgehead atoms. The Labute approximate surface area is 115 Å². The highest BCUT2D eigenvalue weighted by Crippen LogP contribution is 2.19. The van der Waals surface area contributed by atoms with Crippen molar-refractivity contribution < 1.29 is 0 Å². The second-order valence-corrected chi connectivity index (χ2v) is 5.13. The molecule has 0 atom stereocenters. The third-order valence-electron chi connectivity index (χ3n) is 3.34. The van der Waals surface area contributed by atoms with Crippen molar-refractivity contribution in [2.45, 2.75) is 19.9 Å². The number of fused-ring (bicyclic) bond motifs is 1. The Morgan fingerprint density at radius 1 is 1.26 bits per heavy atom. The zero-order valence-corrected chi connectivity index (χ0v) is 12.1. The van der Waals surface area contributed by atoms with Gasteiger partial charge in [0.15, 0.2) is 0 Å². The van der Waals surface area contributed by atoms with Crippen LogP contribution in [0.3, 0.4) is 0 Å². The van der Waals surface area contributed by atoms with Crippen molar-refractivity contribution in [3.8, 4) is 0 Å². The first-order chi connectivity index (χ1) is 9.20. The predicted octanol–water partition coefficient (Wildman–Crippen LogP) is 2.58. The molecule has 3 nitrogen and oxygen atoms in total. The summed E-state index contributed by atoms with van der Waals surface area (Å²) in [6, 6.07) is 10.6. The molecule has 0 aliphatic heterocycles. The average molecular weight is 257 g/mol. The lowest BCUT2D eigenvalue weighted by Crippen LogP contribution is -2.22. The molecule has 0 unspecified atom stereocenters. The Morgan fingerprint density at radius 2 is 2.05 bits per heavy atom. The number of nitrogens with one attached hydrogen (secondary N) is 1. The van der Waals surface area contributed by atoms with Crippen molar-refractivity contribution in [2.75, 3.05) is 27.2 Å². The molecule has 0 aliphatic rings. The van der Waals surface area contributed by atoms with E-state index < -0.39 is 0 Å². The Kier molecular flexibility index (Phi) is 4.88. The molecule has 0 saturated heterocycles. The Hall–Kier alpha value is -1.45. The van der Waals surface area contributed by atoms with E-state index in [1.807, 2.05) is 7.05 Å². The van der Waals surface area contributed by atoms with Crippen molar-refractivity contribution >= 4 is 10.9 Å². The van der Waals surface area contributed by atoms with Gasteiger partial charge in [-0.05, 0) is 58.2 Å². The zero-order valence-electron chi connectivity index (χ0n) is 12.1. The minimum absolute atomic E-state index is 0.980. The van der Waals surface area contributed by atoms with E-state index in [1.54, 1.807) is 0 Å². The normalized spacial score (nSPS) is 11.4. The summed E-state index contributed by atoms with van der Waals surface area (Å²) in [7, 11) is 4.18. The lowest BCUT2D eigenvalue weighted by Gasteiger charge is -2.18. The van der Waals surface area contributed by atoms with E-state index in [9.17, 15) is 0 Å². The molecule has 1 heterocycles. The lowest BCUT2D eigenvalue weighted by atomic mass is 10.1. The highest BCUT2D eigenvalue weighted by molar-refractivity contribution is 5.82. The van der Waals surface area contributed by atoms with Gasteiger partial charge in [0.25, 0.3) is 0 Å². The number of rotatable bonds is 6. The van der Waals surface area contributed by atoms with E-state index in [4.69, 9.17) is 0 Å². The highest BCUT2D eigenvalue weighted by Gasteiger charge is 2.06. The van der Waals surface area contributed by atoms with Gasteiger partial charge in [-0.3, -0.25) is 4.98 Å². The van der Waals surface area contributed by atoms with Crippen LogP contribution in [0.15, 0.2) is 30.3 Å². The quantitative estimate of drug-likeness (QED) is 0.806. The first kappa shape index (κ1) is 14.0. The maximum absolute atomic E-state index is 4.59. The molecule has 1 N–H and O–H groups in total. The van der Waals surface area contributed by atoms with Crippen LogP contribution >= 0.6 is 0 Å². The Bertz CT molecular complexity index is 537. The number of benzene rings is 1. The standard InChI is InChI=1S/C16H23N3/c1-13-11-14(12-19(3)10-6-9-17-2)15-7-4-5-8-16(15)18-13/h4-5,7-8,11,17H,6,9-10,12H2,1-3H3. The number of hydrogen-bond donors (Lipinski definition) is 1. The minimum Gasteiger partial charge on any atom is -0.320 e. The topological polar surface area (TPSA) is 28.2 Å². The lowest BCUT2D eigenvalue weighted by molar-refractivity contribution is 0.322. The molecule has 0 aliphatic carbocycles. The second-order valence-electron chi connectivity index (χ2n) is 5.13. The van der Waals surface area contributed by atoms with Crippen LogP contribution in [0, 0.1) is 6.92 Å². The fourth-order valence-corrected chi connectivity index (χ4v) is 2.42. The molecule has 19 heavy (non-hydrogen) atoms. The predicted molar refractivity (Wildman–Crippen MR) is 81.4 cm³/mol. The van der Waals surface area contributed by atoms with Crippen molar-refractivity contribution in [3.05, 3.63) is 41.6 Å². The number of aryl methyl sites for hydroxylation is 1. The van der Waals surface area contributed by atoms with Crippen LogP contribution in [0.25, 0.3) is 10.9 Å². The van der Waals surface area contributed by atoms with Crippen LogP contribution in [-0.4, -0.2) is 37.1 Å². The molecule has 3 heteroatoms. The van der Waals surface area contributed by atoms with Gasteiger partial charge in [-0.25, -0.2) is 0 Å². The average Bonchev–Trinajstić information content (AvgIpc) is 2.39. The summed E-state index contributed by atoms with van der Waals surface area (Å²) < 4.78 is 0. The van der Waals surface area contributed by atoms with Gasteiger partial charge in [0.05, 0.1) is 5.52 Å². The summed E-state index contributed by atoms with van der Waals surface area (Å²) >= 11 is 0. The summed E-state index contributed by atoms with van der Waals surface area (Å²) in [5, 5.41) is 4.46. The molecule has 0 amide bonds. The van der Waals surface area contributed by atoms with Gasteiger partial charge in [0, 0.05) is 17.6 Å². The SMILES string of the molecule is CNCCCN(C)Cc1cc(C)nc2ccccc12. The van der Waals surface area contributed by atoms with Gasteiger partial charge < -0.3 is 10.2 Å². The fourth-order valence-electron chi connectivity index (χ4n) is 2.42. The molecule has 102 valence electrons. The number of pyridine rings is 1. The van der Waals surface area contributed by atoms with Crippen LogP contribution in [0.1, 0.15) is 17.7 Å². The van der Waals surface area contributed by atoms with E-state index in [1.165, 1.54) is 17.4 Å². The highest BCUT2D eigenvalue weighted by atomic mass is 15.1. The molecule has 2 aromatic rings. The molecule has 0 saturated carbocycles. The first-order valence-corrected chi connectivity index (χ1v) is 6.89. The third kappa shape index (κ3) is 3.75. The molecule has 0 fully saturated rings. The first-order valence-electron chi connectivity index (χ1n) is 6.89. The number of aromatic nitrogens is 1. The number of nitrogens with zero attached hydrogens (tertiary/aromatic N) is 2. The molecule has 2 rings (SSSR count). The van der Waals surface area contributed by atoms with Crippen LogP contribution < -0.4 is 5.32 Å². The van der Waals surface area contributed by atoms with Crippen LogP contribution in [0.5, 0.6) is 0 Å². The second kappa shape index (κ2) is 6.64. The van der Waals surface area contributed by atoms with Gasteiger partial charge in [-0.2, -0.15) is 0 Å². The van der Waals surface area contributed by atoms with E-state index in [0.29, 0.717) is 0 Å². The van der Waals surface area contributed by atoms with Gasteiger partial charge in [0.1, 0.15) is 0 Å². The number of para-hydroxylation sites is 1. The molecule has 1 aromatic carbocycles. The van der Waals surface area contributed by atoms with Gasteiger partial charge >= 0.3 is 0 Å². The molecule has 1 aromatic heterocycles. The summed E-state index contributed by atoms with van der Waals surface area (Å²) in [5.41, 5.74) is 3.56. The summed E-state index contributed by atoms with van der Waals surface area (Å²) in [4.78, 5) is 6.96. The molecular formula is C16H23N3. The van der Waals surface area contributed by atoms with Crippen LogP contribution in [-0.2, 0) is 6.54 Å². The smallest absolute Gasteiger partial charge is 0.0708 e. The summed E-state index contributed by atoms with van der Waals surface area (Å²) in [6.45, 7) is 5.22. The minimum atomic E-state index is 0.980. The van der Waals surface area contributed by atoms with Crippen molar-refractivity contribution in [1.29, 1.82) is 0 Å². The summed E-state index contributed by atoms with van der Waals surface area (Å²) in [6.07, 6.45) is 1.18. The Balaban J connectivity index is 2.15. The van der Waals surface area contributed by atoms with E-state index >= 15 is 0 Å². The monoisotopic (exact) mass is 257 g/mol. The van der Waals surface area contributed by atoms with Crippen LogP contribution in [0.2, 0.25) is 0 Å². The van der Waals surface area contributed by atoms with E-state index in [2.05, 4.69) is 59.5 Å². The number of hydrogen-bond acceptors (Lipinski definition) is 3. The fraction of sp³-hybridized carbons (Fsp3) is 0.438. The van der Waals surface area contributed by atoms with Gasteiger partial charge in [0.2, 0.25) is 0 Å². The van der Waals surface area contributed by atoms with Gasteiger partial charge in [-0.1, -0.05) is 18.2 Å². The van der Waals surface area contributed by atoms with Crippen molar-refractivity contribution in [2.24, 2.45) is 0 Å². The third-order valence-corrected chi connectivity index (χ3v) is 3.34. The van der Waals surface area contributed by atoms with Gasteiger partial charge in [-0.15, -0.1) is 0 Å². The van der Waals surface area contributed by atoms with Crippen molar-refractivity contribution in [3.63, 3.8) is 0 Å². The molecule has 0 spiro atoms. The maximum atomic E-state index is 4.59. The summed E-state index contributed by atoms with van der Waals surface area (Å²) in [5.74, 6) is 0. The largest absolute Gasteiger partial charge is 0.320 e. The van der Waals surface area contributed by atoms with E-state index in [0.717, 1.165) is 30.8 Å². The van der Waals surface area contributed by atoms with E-state index in [-0.39, 0.29) is 0 Å². The maximum Gasteiger partial charge on any atom is 0.0708 e. The Morgan fingerprint density at radius 3 is 2.84 bits per heavy atom. The molecule has 0 radical (unpaired) electrons. The van der Waals surface area contributed by atoms with Crippen molar-refractivity contribution in [1.82, 2.24) is 15.2 Å². The van der Waals surface area contributed by atoms with Crippen LogP contribution in [0.4, 0.5) is 0 Å². The zero-order chi connectivity index (χ0) is 13.7.